The standard InChI is InChI=1S/C45H29N3O2/c1-3-11-28(4-2)29-18-20-31(21-19-29)44-46-43(30-12-6-5-7-13-30)47-45(48-44)34-15-10-14-32(24-34)33-22-23-36-38-26-37-35-16-8-9-17-39(35)49-41(37)27-42(38)50-40(36)25-33/h3-27H,1-2H2/b28-11+. The minimum atomic E-state index is 0.595. The molecule has 0 unspecified atom stereocenters. The van der Waals surface area contributed by atoms with Gasteiger partial charge in [-0.1, -0.05) is 128 Å². The van der Waals surface area contributed by atoms with E-state index in [0.717, 1.165) is 82.8 Å². The van der Waals surface area contributed by atoms with Crippen LogP contribution in [0.15, 0.2) is 174 Å². The lowest BCUT2D eigenvalue weighted by molar-refractivity contribution is 0.656. The maximum absolute atomic E-state index is 6.40. The smallest absolute Gasteiger partial charge is 0.164 e. The van der Waals surface area contributed by atoms with Gasteiger partial charge >= 0.3 is 0 Å². The van der Waals surface area contributed by atoms with Gasteiger partial charge in [-0.2, -0.15) is 0 Å². The topological polar surface area (TPSA) is 65.0 Å². The first-order valence-corrected chi connectivity index (χ1v) is 16.4. The van der Waals surface area contributed by atoms with Crippen molar-refractivity contribution in [1.82, 2.24) is 15.0 Å². The molecule has 0 spiro atoms. The lowest BCUT2D eigenvalue weighted by Gasteiger charge is -2.10. The average Bonchev–Trinajstić information content (AvgIpc) is 3.73. The Morgan fingerprint density at radius 2 is 1.00 bits per heavy atom. The van der Waals surface area contributed by atoms with E-state index in [1.807, 2.05) is 103 Å². The first kappa shape index (κ1) is 29.3. The minimum absolute atomic E-state index is 0.595. The predicted octanol–water partition coefficient (Wildman–Crippen LogP) is 12.1. The number of fused-ring (bicyclic) bond motifs is 6. The fraction of sp³-hybridized carbons (Fsp3) is 0. The number of para-hydroxylation sites is 1. The SMILES string of the molecule is C=C/C=C(\C=C)c1ccc(-c2nc(-c3ccccc3)nc(-c3cccc(-c4ccc5c(c4)oc4cc6oc7ccccc7c6cc45)c3)n2)cc1. The average molecular weight is 644 g/mol. The Morgan fingerprint density at radius 1 is 0.440 bits per heavy atom. The molecule has 0 atom stereocenters. The van der Waals surface area contributed by atoms with Crippen molar-refractivity contribution in [3.8, 4) is 45.3 Å². The lowest BCUT2D eigenvalue weighted by Crippen LogP contribution is -2.00. The van der Waals surface area contributed by atoms with Gasteiger partial charge < -0.3 is 8.83 Å². The van der Waals surface area contributed by atoms with E-state index >= 15 is 0 Å². The van der Waals surface area contributed by atoms with Gasteiger partial charge in [0.1, 0.15) is 22.3 Å². The zero-order valence-electron chi connectivity index (χ0n) is 27.0. The highest BCUT2D eigenvalue weighted by atomic mass is 16.3. The van der Waals surface area contributed by atoms with E-state index in [4.69, 9.17) is 23.8 Å². The van der Waals surface area contributed by atoms with E-state index in [9.17, 15) is 0 Å². The van der Waals surface area contributed by atoms with Crippen LogP contribution in [0.4, 0.5) is 0 Å². The third-order valence-corrected chi connectivity index (χ3v) is 9.09. The van der Waals surface area contributed by atoms with E-state index in [1.165, 1.54) is 0 Å². The molecule has 9 rings (SSSR count). The molecule has 5 heteroatoms. The van der Waals surface area contributed by atoms with Crippen molar-refractivity contribution >= 4 is 49.5 Å². The molecule has 0 radical (unpaired) electrons. The van der Waals surface area contributed by atoms with E-state index in [2.05, 4.69) is 55.6 Å². The number of nitrogens with zero attached hydrogens (tertiary/aromatic N) is 3. The first-order valence-electron chi connectivity index (χ1n) is 16.4. The number of hydrogen-bond donors (Lipinski definition) is 0. The van der Waals surface area contributed by atoms with E-state index in [-0.39, 0.29) is 0 Å². The molecule has 0 fully saturated rings. The monoisotopic (exact) mass is 643 g/mol. The van der Waals surface area contributed by atoms with Crippen LogP contribution in [0.5, 0.6) is 0 Å². The van der Waals surface area contributed by atoms with E-state index < -0.39 is 0 Å². The number of allylic oxidation sites excluding steroid dienone is 4. The van der Waals surface area contributed by atoms with Crippen molar-refractivity contribution < 1.29 is 8.83 Å². The van der Waals surface area contributed by atoms with Crippen LogP contribution in [0, 0.1) is 0 Å². The Kier molecular flexibility index (Phi) is 7.03. The molecule has 0 saturated heterocycles. The van der Waals surface area contributed by atoms with Crippen LogP contribution in [0.25, 0.3) is 94.7 Å². The van der Waals surface area contributed by atoms with Crippen LogP contribution in [0.2, 0.25) is 0 Å². The molecule has 6 aromatic carbocycles. The molecule has 50 heavy (non-hydrogen) atoms. The van der Waals surface area contributed by atoms with Crippen LogP contribution in [-0.4, -0.2) is 15.0 Å². The normalized spacial score (nSPS) is 11.9. The van der Waals surface area contributed by atoms with Crippen LogP contribution in [0.1, 0.15) is 5.56 Å². The highest BCUT2D eigenvalue weighted by molar-refractivity contribution is 6.15. The highest BCUT2D eigenvalue weighted by Gasteiger charge is 2.16. The van der Waals surface area contributed by atoms with Crippen molar-refractivity contribution in [3.05, 3.63) is 170 Å². The molecule has 0 saturated carbocycles. The van der Waals surface area contributed by atoms with Gasteiger partial charge in [-0.3, -0.25) is 0 Å². The Hall–Kier alpha value is -6.85. The largest absolute Gasteiger partial charge is 0.456 e. The van der Waals surface area contributed by atoms with E-state index in [0.29, 0.717) is 17.5 Å². The van der Waals surface area contributed by atoms with Crippen molar-refractivity contribution in [2.24, 2.45) is 0 Å². The number of aromatic nitrogens is 3. The van der Waals surface area contributed by atoms with Gasteiger partial charge in [0.05, 0.1) is 0 Å². The number of hydrogen-bond acceptors (Lipinski definition) is 5. The molecule has 0 bridgehead atoms. The van der Waals surface area contributed by atoms with Crippen LogP contribution >= 0.6 is 0 Å². The molecule has 3 heterocycles. The van der Waals surface area contributed by atoms with Gasteiger partial charge in [-0.15, -0.1) is 0 Å². The molecular formula is C45H29N3O2. The summed E-state index contributed by atoms with van der Waals surface area (Å²) in [7, 11) is 0. The quantitative estimate of drug-likeness (QED) is 0.162. The summed E-state index contributed by atoms with van der Waals surface area (Å²) < 4.78 is 12.5. The van der Waals surface area contributed by atoms with Crippen LogP contribution in [0.3, 0.4) is 0 Å². The zero-order chi connectivity index (χ0) is 33.6. The predicted molar refractivity (Wildman–Crippen MR) is 204 cm³/mol. The Balaban J connectivity index is 1.12. The third-order valence-electron chi connectivity index (χ3n) is 9.09. The molecule has 0 aliphatic carbocycles. The molecule has 0 aliphatic heterocycles. The highest BCUT2D eigenvalue weighted by Crippen LogP contribution is 2.38. The summed E-state index contributed by atoms with van der Waals surface area (Å²) >= 11 is 0. The minimum Gasteiger partial charge on any atom is -0.456 e. The number of furan rings is 2. The fourth-order valence-corrected chi connectivity index (χ4v) is 6.58. The second kappa shape index (κ2) is 12.0. The fourth-order valence-electron chi connectivity index (χ4n) is 6.58. The maximum Gasteiger partial charge on any atom is 0.164 e. The van der Waals surface area contributed by atoms with Gasteiger partial charge in [0.25, 0.3) is 0 Å². The van der Waals surface area contributed by atoms with Gasteiger partial charge in [-0.25, -0.2) is 15.0 Å². The molecule has 3 aromatic heterocycles. The summed E-state index contributed by atoms with van der Waals surface area (Å²) in [6.45, 7) is 7.76. The van der Waals surface area contributed by atoms with Gasteiger partial charge in [0, 0.05) is 44.3 Å². The van der Waals surface area contributed by atoms with Crippen LogP contribution < -0.4 is 0 Å². The van der Waals surface area contributed by atoms with Gasteiger partial charge in [0.2, 0.25) is 0 Å². The van der Waals surface area contributed by atoms with Crippen molar-refractivity contribution in [2.45, 2.75) is 0 Å². The molecule has 0 aliphatic rings. The molecule has 9 aromatic rings. The summed E-state index contributed by atoms with van der Waals surface area (Å²) in [5.41, 5.74) is 10.1. The van der Waals surface area contributed by atoms with Crippen molar-refractivity contribution in [3.63, 3.8) is 0 Å². The lowest BCUT2D eigenvalue weighted by atomic mass is 10.0. The molecule has 236 valence electrons. The maximum atomic E-state index is 6.40. The Bertz CT molecular complexity index is 2790. The first-order chi connectivity index (χ1) is 24.6. The molecule has 0 N–H and O–H groups in total. The summed E-state index contributed by atoms with van der Waals surface area (Å²) in [4.78, 5) is 14.8. The summed E-state index contributed by atoms with van der Waals surface area (Å²) in [6, 6.07) is 45.1. The zero-order valence-corrected chi connectivity index (χ0v) is 27.0. The second-order valence-corrected chi connectivity index (χ2v) is 12.1. The van der Waals surface area contributed by atoms with Gasteiger partial charge in [0.15, 0.2) is 17.5 Å². The molecule has 0 amide bonds. The van der Waals surface area contributed by atoms with Crippen molar-refractivity contribution in [1.29, 1.82) is 0 Å². The van der Waals surface area contributed by atoms with E-state index in [1.54, 1.807) is 6.08 Å². The molecule has 5 nitrogen and oxygen atoms in total. The third kappa shape index (κ3) is 5.09. The Labute approximate surface area is 288 Å². The van der Waals surface area contributed by atoms with Crippen molar-refractivity contribution in [2.75, 3.05) is 0 Å². The van der Waals surface area contributed by atoms with Crippen LogP contribution in [-0.2, 0) is 0 Å². The Morgan fingerprint density at radius 3 is 1.74 bits per heavy atom. The number of rotatable bonds is 7. The summed E-state index contributed by atoms with van der Waals surface area (Å²) in [6.07, 6.45) is 5.52. The van der Waals surface area contributed by atoms with Gasteiger partial charge in [-0.05, 0) is 52.6 Å². The summed E-state index contributed by atoms with van der Waals surface area (Å²) in [5.74, 6) is 1.80. The molecular weight excluding hydrogens is 615 g/mol. The summed E-state index contributed by atoms with van der Waals surface area (Å²) in [5, 5.41) is 4.31. The second-order valence-electron chi connectivity index (χ2n) is 12.1. The number of benzene rings is 6.